The minimum Gasteiger partial charge on any atom is -0.228 e. The van der Waals surface area contributed by atoms with Crippen molar-refractivity contribution in [3.63, 3.8) is 0 Å². The van der Waals surface area contributed by atoms with Crippen LogP contribution in [0, 0.1) is 0 Å². The molecule has 5 aromatic carbocycles. The van der Waals surface area contributed by atoms with Gasteiger partial charge in [-0.15, -0.1) is 0 Å². The van der Waals surface area contributed by atoms with Crippen molar-refractivity contribution in [1.29, 1.82) is 0 Å². The molecule has 1 heterocycles. The van der Waals surface area contributed by atoms with Gasteiger partial charge < -0.3 is 0 Å². The summed E-state index contributed by atoms with van der Waals surface area (Å²) in [5.74, 6) is 0.740. The quantitative estimate of drug-likeness (QED) is 0.256. The predicted molar refractivity (Wildman–Crippen MR) is 153 cm³/mol. The largest absolute Gasteiger partial charge is 0.228 e. The normalized spacial score (nSPS) is 13.4. The van der Waals surface area contributed by atoms with E-state index in [2.05, 4.69) is 111 Å². The van der Waals surface area contributed by atoms with Crippen LogP contribution in [0.15, 0.2) is 121 Å². The van der Waals surface area contributed by atoms with E-state index in [-0.39, 0.29) is 5.41 Å². The van der Waals surface area contributed by atoms with Crippen LogP contribution >= 0.6 is 0 Å². The number of hydrogen-bond donors (Lipinski definition) is 0. The third kappa shape index (κ3) is 3.41. The van der Waals surface area contributed by atoms with Crippen molar-refractivity contribution in [2.75, 3.05) is 0 Å². The van der Waals surface area contributed by atoms with Crippen molar-refractivity contribution in [1.82, 2.24) is 9.97 Å². The van der Waals surface area contributed by atoms with Crippen LogP contribution in [0.1, 0.15) is 25.0 Å². The first kappa shape index (κ1) is 21.7. The summed E-state index contributed by atoms with van der Waals surface area (Å²) in [4.78, 5) is 10.2. The summed E-state index contributed by atoms with van der Waals surface area (Å²) < 4.78 is 0. The van der Waals surface area contributed by atoms with Crippen molar-refractivity contribution in [3.8, 4) is 45.0 Å². The molecule has 1 aromatic heterocycles. The summed E-state index contributed by atoms with van der Waals surface area (Å²) >= 11 is 0. The summed E-state index contributed by atoms with van der Waals surface area (Å²) in [6, 6.07) is 42.8. The molecule has 0 atom stereocenters. The van der Waals surface area contributed by atoms with E-state index in [4.69, 9.17) is 9.97 Å². The topological polar surface area (TPSA) is 25.8 Å². The van der Waals surface area contributed by atoms with E-state index >= 15 is 0 Å². The Kier molecular flexibility index (Phi) is 4.84. The highest BCUT2D eigenvalue weighted by atomic mass is 14.9. The highest BCUT2D eigenvalue weighted by molar-refractivity contribution is 6.08. The van der Waals surface area contributed by atoms with Gasteiger partial charge in [0.05, 0.1) is 11.4 Å². The molecule has 0 aliphatic heterocycles. The van der Waals surface area contributed by atoms with Gasteiger partial charge in [0.25, 0.3) is 0 Å². The molecule has 7 rings (SSSR count). The Morgan fingerprint density at radius 3 is 1.84 bits per heavy atom. The Morgan fingerprint density at radius 2 is 1.08 bits per heavy atom. The molecular weight excluding hydrogens is 448 g/mol. The van der Waals surface area contributed by atoms with Gasteiger partial charge in [0.1, 0.15) is 0 Å². The highest BCUT2D eigenvalue weighted by Gasteiger charge is 2.37. The van der Waals surface area contributed by atoms with E-state index in [1.54, 1.807) is 0 Å². The molecule has 1 aliphatic rings. The van der Waals surface area contributed by atoms with Crippen LogP contribution in [0.25, 0.3) is 55.8 Å². The van der Waals surface area contributed by atoms with Gasteiger partial charge in [-0.2, -0.15) is 0 Å². The fourth-order valence-electron chi connectivity index (χ4n) is 5.82. The molecule has 0 saturated carbocycles. The Bertz CT molecular complexity index is 1730. The van der Waals surface area contributed by atoms with Crippen LogP contribution in [0.5, 0.6) is 0 Å². The molecule has 0 spiro atoms. The van der Waals surface area contributed by atoms with E-state index in [1.165, 1.54) is 33.0 Å². The molecule has 0 unspecified atom stereocenters. The van der Waals surface area contributed by atoms with Gasteiger partial charge in [0.15, 0.2) is 5.82 Å². The average Bonchev–Trinajstić information content (AvgIpc) is 3.20. The number of aromatic nitrogens is 2. The van der Waals surface area contributed by atoms with Crippen molar-refractivity contribution in [2.24, 2.45) is 0 Å². The molecule has 6 aromatic rings. The van der Waals surface area contributed by atoms with Gasteiger partial charge in [-0.05, 0) is 45.2 Å². The lowest BCUT2D eigenvalue weighted by molar-refractivity contribution is 0.661. The van der Waals surface area contributed by atoms with E-state index < -0.39 is 0 Å². The van der Waals surface area contributed by atoms with Crippen molar-refractivity contribution < 1.29 is 0 Å². The van der Waals surface area contributed by atoms with Crippen molar-refractivity contribution in [2.45, 2.75) is 19.3 Å². The minimum atomic E-state index is -0.0950. The molecule has 2 heteroatoms. The second-order valence-electron chi connectivity index (χ2n) is 10.3. The number of rotatable bonds is 3. The van der Waals surface area contributed by atoms with Crippen LogP contribution < -0.4 is 0 Å². The standard InChI is InChI=1S/C35H26N2/c1-35(2)29-20-12-11-19-27(29)33-26-18-10-9-17-25(26)28(21-30(33)35)32-22-31(23-13-5-3-6-14-23)36-34(37-32)24-15-7-4-8-16-24/h3-22H,1-2H3. The first-order valence-electron chi connectivity index (χ1n) is 12.8. The molecule has 0 radical (unpaired) electrons. The Balaban J connectivity index is 1.55. The molecular formula is C35H26N2. The summed E-state index contributed by atoms with van der Waals surface area (Å²) in [7, 11) is 0. The fourth-order valence-corrected chi connectivity index (χ4v) is 5.82. The number of hydrogen-bond acceptors (Lipinski definition) is 2. The van der Waals surface area contributed by atoms with E-state index in [9.17, 15) is 0 Å². The van der Waals surface area contributed by atoms with Crippen molar-refractivity contribution >= 4 is 10.8 Å². The SMILES string of the molecule is CC1(C)c2ccccc2-c2c1cc(-c1cc(-c3ccccc3)nc(-c3ccccc3)n1)c1ccccc21. The molecule has 0 saturated heterocycles. The van der Waals surface area contributed by atoms with Gasteiger partial charge in [-0.1, -0.05) is 123 Å². The summed E-state index contributed by atoms with van der Waals surface area (Å²) in [6.45, 7) is 4.67. The van der Waals surface area contributed by atoms with E-state index in [1.807, 2.05) is 24.3 Å². The molecule has 0 fully saturated rings. The number of benzene rings is 5. The summed E-state index contributed by atoms with van der Waals surface area (Å²) in [5, 5.41) is 2.49. The van der Waals surface area contributed by atoms with E-state index in [0.29, 0.717) is 0 Å². The molecule has 0 amide bonds. The zero-order chi connectivity index (χ0) is 25.0. The van der Waals surface area contributed by atoms with Crippen LogP contribution in [-0.4, -0.2) is 9.97 Å². The first-order chi connectivity index (χ1) is 18.1. The first-order valence-corrected chi connectivity index (χ1v) is 12.8. The summed E-state index contributed by atoms with van der Waals surface area (Å²) in [5.41, 5.74) is 10.4. The van der Waals surface area contributed by atoms with Gasteiger partial charge in [-0.25, -0.2) is 9.97 Å². The minimum absolute atomic E-state index is 0.0950. The molecule has 0 bridgehead atoms. The van der Waals surface area contributed by atoms with Gasteiger partial charge in [-0.3, -0.25) is 0 Å². The maximum atomic E-state index is 5.16. The monoisotopic (exact) mass is 474 g/mol. The Labute approximate surface area is 217 Å². The molecule has 0 N–H and O–H groups in total. The van der Waals surface area contributed by atoms with E-state index in [0.717, 1.165) is 33.9 Å². The van der Waals surface area contributed by atoms with Crippen LogP contribution in [-0.2, 0) is 5.41 Å². The van der Waals surface area contributed by atoms with Crippen LogP contribution in [0.3, 0.4) is 0 Å². The van der Waals surface area contributed by atoms with Crippen LogP contribution in [0.2, 0.25) is 0 Å². The molecule has 176 valence electrons. The van der Waals surface area contributed by atoms with Gasteiger partial charge in [0, 0.05) is 22.1 Å². The predicted octanol–water partition coefficient (Wildman–Crippen LogP) is 8.94. The maximum absolute atomic E-state index is 5.16. The third-order valence-corrected chi connectivity index (χ3v) is 7.69. The smallest absolute Gasteiger partial charge is 0.160 e. The Hall–Kier alpha value is -4.56. The molecule has 2 nitrogen and oxygen atoms in total. The average molecular weight is 475 g/mol. The molecule has 37 heavy (non-hydrogen) atoms. The van der Waals surface area contributed by atoms with Gasteiger partial charge >= 0.3 is 0 Å². The fraction of sp³-hybridized carbons (Fsp3) is 0.0857. The maximum Gasteiger partial charge on any atom is 0.160 e. The van der Waals surface area contributed by atoms with Crippen LogP contribution in [0.4, 0.5) is 0 Å². The van der Waals surface area contributed by atoms with Crippen molar-refractivity contribution in [3.05, 3.63) is 132 Å². The number of fused-ring (bicyclic) bond motifs is 5. The third-order valence-electron chi connectivity index (χ3n) is 7.69. The second kappa shape index (κ2) is 8.25. The number of nitrogens with zero attached hydrogens (tertiary/aromatic N) is 2. The van der Waals surface area contributed by atoms with Gasteiger partial charge in [0.2, 0.25) is 0 Å². The molecule has 1 aliphatic carbocycles. The summed E-state index contributed by atoms with van der Waals surface area (Å²) in [6.07, 6.45) is 0. The zero-order valence-corrected chi connectivity index (χ0v) is 20.9. The Morgan fingerprint density at radius 1 is 0.486 bits per heavy atom. The lowest BCUT2D eigenvalue weighted by Gasteiger charge is -2.23. The lowest BCUT2D eigenvalue weighted by atomic mass is 9.81. The lowest BCUT2D eigenvalue weighted by Crippen LogP contribution is -2.15. The highest BCUT2D eigenvalue weighted by Crippen LogP contribution is 2.53. The zero-order valence-electron chi connectivity index (χ0n) is 20.9. The second-order valence-corrected chi connectivity index (χ2v) is 10.3.